The first-order valence-corrected chi connectivity index (χ1v) is 6.40. The number of hydrogen-bond donors (Lipinski definition) is 2. The zero-order valence-corrected chi connectivity index (χ0v) is 10.8. The molecule has 3 heteroatoms. The molecule has 0 aliphatic carbocycles. The molecule has 0 radical (unpaired) electrons. The molecule has 98 valence electrons. The maximum Gasteiger partial charge on any atom is 0.125 e. The molecule has 0 saturated heterocycles. The lowest BCUT2D eigenvalue weighted by atomic mass is 10.1. The maximum absolute atomic E-state index is 9.81. The molecule has 2 aromatic carbocycles. The smallest absolute Gasteiger partial charge is 0.125 e. The minimum atomic E-state index is 0.234. The molecule has 0 bridgehead atoms. The standard InChI is InChI=1S/C17H14N2O/c20-17-9-5-4-8-15(17)16-12-14(18-19-16)11-10-13-6-2-1-3-7-13/h1-12,20H,(H,18,19). The summed E-state index contributed by atoms with van der Waals surface area (Å²) in [4.78, 5) is 0. The molecule has 0 aliphatic rings. The third-order valence-electron chi connectivity index (χ3n) is 3.03. The van der Waals surface area contributed by atoms with Crippen LogP contribution in [0.2, 0.25) is 0 Å². The van der Waals surface area contributed by atoms with E-state index in [0.29, 0.717) is 0 Å². The Balaban J connectivity index is 1.85. The van der Waals surface area contributed by atoms with E-state index in [1.165, 1.54) is 0 Å². The lowest BCUT2D eigenvalue weighted by Crippen LogP contribution is -1.78. The molecule has 2 N–H and O–H groups in total. The van der Waals surface area contributed by atoms with Crippen LogP contribution in [0.4, 0.5) is 0 Å². The topological polar surface area (TPSA) is 48.9 Å². The van der Waals surface area contributed by atoms with Gasteiger partial charge in [0.05, 0.1) is 11.4 Å². The number of para-hydroxylation sites is 1. The Morgan fingerprint density at radius 2 is 1.65 bits per heavy atom. The molecule has 20 heavy (non-hydrogen) atoms. The number of rotatable bonds is 3. The van der Waals surface area contributed by atoms with E-state index >= 15 is 0 Å². The molecule has 0 aliphatic heterocycles. The monoisotopic (exact) mass is 262 g/mol. The second-order valence-electron chi connectivity index (χ2n) is 4.47. The molecule has 3 rings (SSSR count). The first-order chi connectivity index (χ1) is 9.83. The molecule has 3 aromatic rings. The van der Waals surface area contributed by atoms with Crippen molar-refractivity contribution in [1.82, 2.24) is 10.2 Å². The largest absolute Gasteiger partial charge is 0.507 e. The number of benzene rings is 2. The quantitative estimate of drug-likeness (QED) is 0.750. The fourth-order valence-electron chi connectivity index (χ4n) is 2.00. The molecule has 3 nitrogen and oxygen atoms in total. The van der Waals surface area contributed by atoms with Crippen LogP contribution < -0.4 is 0 Å². The summed E-state index contributed by atoms with van der Waals surface area (Å²) in [5.74, 6) is 0.234. The summed E-state index contributed by atoms with van der Waals surface area (Å²) >= 11 is 0. The van der Waals surface area contributed by atoms with Crippen molar-refractivity contribution in [3.8, 4) is 17.0 Å². The average molecular weight is 262 g/mol. The molecule has 0 atom stereocenters. The van der Waals surface area contributed by atoms with Crippen LogP contribution in [0.15, 0.2) is 60.7 Å². The Bertz CT molecular complexity index is 730. The van der Waals surface area contributed by atoms with Crippen LogP contribution in [-0.2, 0) is 0 Å². The van der Waals surface area contributed by atoms with Gasteiger partial charge in [-0.1, -0.05) is 48.5 Å². The van der Waals surface area contributed by atoms with Gasteiger partial charge in [0.25, 0.3) is 0 Å². The van der Waals surface area contributed by atoms with E-state index in [1.807, 2.05) is 60.7 Å². The molecule has 1 aromatic heterocycles. The van der Waals surface area contributed by atoms with Crippen molar-refractivity contribution in [3.05, 3.63) is 71.9 Å². The van der Waals surface area contributed by atoms with Crippen molar-refractivity contribution in [1.29, 1.82) is 0 Å². The van der Waals surface area contributed by atoms with E-state index < -0.39 is 0 Å². The summed E-state index contributed by atoms with van der Waals surface area (Å²) in [6, 6.07) is 19.1. The van der Waals surface area contributed by atoms with E-state index in [4.69, 9.17) is 0 Å². The van der Waals surface area contributed by atoms with Crippen LogP contribution in [0.1, 0.15) is 11.3 Å². The first-order valence-electron chi connectivity index (χ1n) is 6.40. The summed E-state index contributed by atoms with van der Waals surface area (Å²) in [7, 11) is 0. The normalized spacial score (nSPS) is 11.0. The lowest BCUT2D eigenvalue weighted by Gasteiger charge is -1.98. The van der Waals surface area contributed by atoms with Gasteiger partial charge >= 0.3 is 0 Å². The van der Waals surface area contributed by atoms with E-state index in [9.17, 15) is 5.11 Å². The van der Waals surface area contributed by atoms with Crippen LogP contribution in [0, 0.1) is 0 Å². The highest BCUT2D eigenvalue weighted by molar-refractivity contribution is 5.72. The number of nitrogens with zero attached hydrogens (tertiary/aromatic N) is 1. The summed E-state index contributed by atoms with van der Waals surface area (Å²) in [5.41, 5.74) is 3.48. The predicted molar refractivity (Wildman–Crippen MR) is 81.1 cm³/mol. The number of aromatic amines is 1. The summed E-state index contributed by atoms with van der Waals surface area (Å²) in [5, 5.41) is 17.0. The number of aromatic nitrogens is 2. The first kappa shape index (κ1) is 12.2. The highest BCUT2D eigenvalue weighted by Gasteiger charge is 2.06. The fourth-order valence-corrected chi connectivity index (χ4v) is 2.00. The van der Waals surface area contributed by atoms with Crippen molar-refractivity contribution in [2.75, 3.05) is 0 Å². The van der Waals surface area contributed by atoms with Crippen LogP contribution >= 0.6 is 0 Å². The van der Waals surface area contributed by atoms with E-state index in [1.54, 1.807) is 12.1 Å². The van der Waals surface area contributed by atoms with Gasteiger partial charge in [-0.15, -0.1) is 0 Å². The Kier molecular flexibility index (Phi) is 3.33. The maximum atomic E-state index is 9.81. The third-order valence-corrected chi connectivity index (χ3v) is 3.03. The van der Waals surface area contributed by atoms with Crippen LogP contribution in [0.3, 0.4) is 0 Å². The van der Waals surface area contributed by atoms with Crippen molar-refractivity contribution in [2.24, 2.45) is 0 Å². The lowest BCUT2D eigenvalue weighted by molar-refractivity contribution is 0.477. The highest BCUT2D eigenvalue weighted by atomic mass is 16.3. The van der Waals surface area contributed by atoms with E-state index in [-0.39, 0.29) is 5.75 Å². The van der Waals surface area contributed by atoms with Gasteiger partial charge in [-0.05, 0) is 29.8 Å². The zero-order valence-electron chi connectivity index (χ0n) is 10.8. The van der Waals surface area contributed by atoms with Crippen LogP contribution in [0.5, 0.6) is 5.75 Å². The second kappa shape index (κ2) is 5.45. The summed E-state index contributed by atoms with van der Waals surface area (Å²) in [6.07, 6.45) is 3.98. The molecular weight excluding hydrogens is 248 g/mol. The second-order valence-corrected chi connectivity index (χ2v) is 4.47. The van der Waals surface area contributed by atoms with Crippen LogP contribution in [-0.4, -0.2) is 15.3 Å². The van der Waals surface area contributed by atoms with Crippen molar-refractivity contribution in [3.63, 3.8) is 0 Å². The Morgan fingerprint density at radius 1 is 0.900 bits per heavy atom. The number of phenolic OH excluding ortho intramolecular Hbond substituents is 1. The van der Waals surface area contributed by atoms with Gasteiger partial charge in [0.1, 0.15) is 5.75 Å². The van der Waals surface area contributed by atoms with Gasteiger partial charge in [0.2, 0.25) is 0 Å². The van der Waals surface area contributed by atoms with Gasteiger partial charge in [0, 0.05) is 5.56 Å². The van der Waals surface area contributed by atoms with Crippen molar-refractivity contribution in [2.45, 2.75) is 0 Å². The Morgan fingerprint density at radius 3 is 2.45 bits per heavy atom. The highest BCUT2D eigenvalue weighted by Crippen LogP contribution is 2.27. The molecule has 1 heterocycles. The molecule has 0 saturated carbocycles. The van der Waals surface area contributed by atoms with Gasteiger partial charge in [0.15, 0.2) is 0 Å². The SMILES string of the molecule is Oc1ccccc1-c1cc(C=Cc2ccccc2)[nH]n1. The predicted octanol–water partition coefficient (Wildman–Crippen LogP) is 3.95. The summed E-state index contributed by atoms with van der Waals surface area (Å²) in [6.45, 7) is 0. The van der Waals surface area contributed by atoms with E-state index in [2.05, 4.69) is 10.2 Å². The van der Waals surface area contributed by atoms with Crippen molar-refractivity contribution < 1.29 is 5.11 Å². The number of aromatic hydroxyl groups is 1. The minimum absolute atomic E-state index is 0.234. The minimum Gasteiger partial charge on any atom is -0.507 e. The third kappa shape index (κ3) is 2.62. The van der Waals surface area contributed by atoms with Gasteiger partial charge in [-0.3, -0.25) is 5.10 Å². The van der Waals surface area contributed by atoms with Gasteiger partial charge in [-0.25, -0.2) is 0 Å². The molecule has 0 fully saturated rings. The summed E-state index contributed by atoms with van der Waals surface area (Å²) < 4.78 is 0. The number of phenols is 1. The molecule has 0 spiro atoms. The average Bonchev–Trinajstić information content (AvgIpc) is 2.95. The fraction of sp³-hybridized carbons (Fsp3) is 0. The zero-order chi connectivity index (χ0) is 13.8. The molecular formula is C17H14N2O. The van der Waals surface area contributed by atoms with Gasteiger partial charge in [-0.2, -0.15) is 5.10 Å². The Labute approximate surface area is 117 Å². The van der Waals surface area contributed by atoms with Gasteiger partial charge < -0.3 is 5.11 Å². The molecule has 0 unspecified atom stereocenters. The number of H-pyrrole nitrogens is 1. The number of nitrogens with one attached hydrogen (secondary N) is 1. The van der Waals surface area contributed by atoms with E-state index in [0.717, 1.165) is 22.5 Å². The molecule has 0 amide bonds. The Hall–Kier alpha value is -2.81. The van der Waals surface area contributed by atoms with Crippen molar-refractivity contribution >= 4 is 12.2 Å². The number of hydrogen-bond acceptors (Lipinski definition) is 2. The van der Waals surface area contributed by atoms with Crippen LogP contribution in [0.25, 0.3) is 23.4 Å².